The van der Waals surface area contributed by atoms with Crippen LogP contribution in [0.15, 0.2) is 21.3 Å². The maximum absolute atomic E-state index is 11.8. The molecular weight excluding hydrogens is 319 g/mol. The molecule has 72 valence electrons. The van der Waals surface area contributed by atoms with Crippen molar-refractivity contribution in [2.75, 3.05) is 0 Å². The van der Waals surface area contributed by atoms with Crippen LogP contribution in [0, 0.1) is 0 Å². The van der Waals surface area contributed by atoms with E-state index < -0.39 is 6.36 Å². The first kappa shape index (κ1) is 10.8. The molecule has 1 aromatic rings. The van der Waals surface area contributed by atoms with Gasteiger partial charge in [0.25, 0.3) is 0 Å². The minimum absolute atomic E-state index is 0.180. The first-order valence-corrected chi connectivity index (χ1v) is 4.53. The normalized spacial score (nSPS) is 11.5. The van der Waals surface area contributed by atoms with Crippen LogP contribution < -0.4 is 4.74 Å². The SMILES string of the molecule is FC(F)(F)Oc1cncc(Br)c1Br. The van der Waals surface area contributed by atoms with Gasteiger partial charge in [-0.3, -0.25) is 4.98 Å². The molecule has 7 heteroatoms. The van der Waals surface area contributed by atoms with Crippen molar-refractivity contribution in [2.45, 2.75) is 6.36 Å². The lowest BCUT2D eigenvalue weighted by Gasteiger charge is -2.10. The van der Waals surface area contributed by atoms with Crippen LogP contribution in [-0.4, -0.2) is 11.3 Å². The zero-order valence-corrected chi connectivity index (χ0v) is 9.07. The van der Waals surface area contributed by atoms with Gasteiger partial charge in [0.15, 0.2) is 5.75 Å². The Morgan fingerprint density at radius 1 is 1.23 bits per heavy atom. The Kier molecular flexibility index (Phi) is 3.18. The van der Waals surface area contributed by atoms with Crippen molar-refractivity contribution in [1.82, 2.24) is 4.98 Å². The van der Waals surface area contributed by atoms with Gasteiger partial charge in [0.2, 0.25) is 0 Å². The third-order valence-corrected chi connectivity index (χ3v) is 2.98. The average molecular weight is 321 g/mol. The fourth-order valence-corrected chi connectivity index (χ4v) is 1.20. The van der Waals surface area contributed by atoms with Crippen LogP contribution >= 0.6 is 31.9 Å². The number of nitrogens with zero attached hydrogens (tertiary/aromatic N) is 1. The summed E-state index contributed by atoms with van der Waals surface area (Å²) < 4.78 is 39.6. The lowest BCUT2D eigenvalue weighted by atomic mass is 10.5. The maximum atomic E-state index is 11.8. The molecule has 0 radical (unpaired) electrons. The lowest BCUT2D eigenvalue weighted by Crippen LogP contribution is -2.17. The number of pyridine rings is 1. The van der Waals surface area contributed by atoms with Crippen molar-refractivity contribution in [1.29, 1.82) is 0 Å². The van der Waals surface area contributed by atoms with Crippen molar-refractivity contribution in [3.63, 3.8) is 0 Å². The quantitative estimate of drug-likeness (QED) is 0.790. The van der Waals surface area contributed by atoms with Crippen molar-refractivity contribution in [3.8, 4) is 5.75 Å². The largest absolute Gasteiger partial charge is 0.573 e. The minimum atomic E-state index is -4.70. The van der Waals surface area contributed by atoms with E-state index in [1.165, 1.54) is 6.20 Å². The molecule has 1 rings (SSSR count). The van der Waals surface area contributed by atoms with Crippen molar-refractivity contribution >= 4 is 31.9 Å². The van der Waals surface area contributed by atoms with E-state index in [0.717, 1.165) is 6.20 Å². The molecule has 13 heavy (non-hydrogen) atoms. The van der Waals surface area contributed by atoms with Crippen molar-refractivity contribution in [2.24, 2.45) is 0 Å². The summed E-state index contributed by atoms with van der Waals surface area (Å²) in [4.78, 5) is 3.53. The molecular formula is C6H2Br2F3NO. The zero-order valence-electron chi connectivity index (χ0n) is 5.90. The predicted molar refractivity (Wildman–Crippen MR) is 46.3 cm³/mol. The second-order valence-corrected chi connectivity index (χ2v) is 3.63. The van der Waals surface area contributed by atoms with Gasteiger partial charge in [-0.15, -0.1) is 13.2 Å². The number of halogens is 5. The van der Waals surface area contributed by atoms with Crippen molar-refractivity contribution in [3.05, 3.63) is 21.3 Å². The zero-order chi connectivity index (χ0) is 10.1. The summed E-state index contributed by atoms with van der Waals surface area (Å²) in [6.45, 7) is 0. The molecule has 0 aliphatic rings. The van der Waals surface area contributed by atoms with E-state index in [4.69, 9.17) is 0 Å². The molecule has 0 aromatic carbocycles. The highest BCUT2D eigenvalue weighted by Crippen LogP contribution is 2.34. The molecule has 2 nitrogen and oxygen atoms in total. The summed E-state index contributed by atoms with van der Waals surface area (Å²) in [5, 5.41) is 0. The van der Waals surface area contributed by atoms with E-state index in [9.17, 15) is 13.2 Å². The van der Waals surface area contributed by atoms with Gasteiger partial charge in [-0.1, -0.05) is 0 Å². The summed E-state index contributed by atoms with van der Waals surface area (Å²) >= 11 is 5.92. The molecule has 1 heterocycles. The van der Waals surface area contributed by atoms with E-state index in [-0.39, 0.29) is 10.2 Å². The number of hydrogen-bond acceptors (Lipinski definition) is 2. The van der Waals surface area contributed by atoms with Crippen LogP contribution in [-0.2, 0) is 0 Å². The summed E-state index contributed by atoms with van der Waals surface area (Å²) in [6, 6.07) is 0. The molecule has 0 N–H and O–H groups in total. The van der Waals surface area contributed by atoms with E-state index in [1.54, 1.807) is 0 Å². The monoisotopic (exact) mass is 319 g/mol. The van der Waals surface area contributed by atoms with Gasteiger partial charge in [0, 0.05) is 6.20 Å². The number of aromatic nitrogens is 1. The van der Waals surface area contributed by atoms with Gasteiger partial charge < -0.3 is 4.74 Å². The number of rotatable bonds is 1. The second kappa shape index (κ2) is 3.83. The average Bonchev–Trinajstić information content (AvgIpc) is 1.96. The second-order valence-electron chi connectivity index (χ2n) is 1.98. The smallest absolute Gasteiger partial charge is 0.403 e. The molecule has 0 unspecified atom stereocenters. The molecule has 0 spiro atoms. The summed E-state index contributed by atoms with van der Waals surface area (Å²) in [5.74, 6) is -0.373. The van der Waals surface area contributed by atoms with Crippen LogP contribution in [0.1, 0.15) is 0 Å². The number of hydrogen-bond donors (Lipinski definition) is 0. The van der Waals surface area contributed by atoms with Crippen LogP contribution in [0.4, 0.5) is 13.2 Å². The molecule has 0 atom stereocenters. The highest BCUT2D eigenvalue weighted by atomic mass is 79.9. The molecule has 0 saturated heterocycles. The van der Waals surface area contributed by atoms with E-state index in [0.29, 0.717) is 4.47 Å². The highest BCUT2D eigenvalue weighted by molar-refractivity contribution is 9.13. The summed E-state index contributed by atoms with van der Waals surface area (Å²) in [7, 11) is 0. The number of alkyl halides is 3. The van der Waals surface area contributed by atoms with E-state index in [1.807, 2.05) is 0 Å². The Morgan fingerprint density at radius 2 is 1.85 bits per heavy atom. The van der Waals surface area contributed by atoms with Crippen LogP contribution in [0.5, 0.6) is 5.75 Å². The lowest BCUT2D eigenvalue weighted by molar-refractivity contribution is -0.275. The van der Waals surface area contributed by atoms with Gasteiger partial charge >= 0.3 is 6.36 Å². The Bertz CT molecular complexity index is 315. The molecule has 0 saturated carbocycles. The molecule has 0 amide bonds. The van der Waals surface area contributed by atoms with Crippen LogP contribution in [0.3, 0.4) is 0 Å². The third kappa shape index (κ3) is 3.15. The van der Waals surface area contributed by atoms with Gasteiger partial charge in [-0.05, 0) is 31.9 Å². The molecule has 0 aliphatic heterocycles. The molecule has 0 fully saturated rings. The van der Waals surface area contributed by atoms with Crippen LogP contribution in [0.2, 0.25) is 0 Å². The first-order chi connectivity index (χ1) is 5.90. The van der Waals surface area contributed by atoms with Gasteiger partial charge in [-0.2, -0.15) is 0 Å². The highest BCUT2D eigenvalue weighted by Gasteiger charge is 2.32. The van der Waals surface area contributed by atoms with Crippen LogP contribution in [0.25, 0.3) is 0 Å². The Hall–Kier alpha value is -0.300. The van der Waals surface area contributed by atoms with E-state index >= 15 is 0 Å². The Morgan fingerprint density at radius 3 is 2.38 bits per heavy atom. The fourth-order valence-electron chi connectivity index (χ4n) is 0.597. The maximum Gasteiger partial charge on any atom is 0.573 e. The van der Waals surface area contributed by atoms with E-state index in [2.05, 4.69) is 41.6 Å². The van der Waals surface area contributed by atoms with Gasteiger partial charge in [0.1, 0.15) is 0 Å². The fraction of sp³-hybridized carbons (Fsp3) is 0.167. The molecule has 0 bridgehead atoms. The Balaban J connectivity index is 2.96. The van der Waals surface area contributed by atoms with Gasteiger partial charge in [0.05, 0.1) is 15.1 Å². The number of ether oxygens (including phenoxy) is 1. The molecule has 0 aliphatic carbocycles. The summed E-state index contributed by atoms with van der Waals surface area (Å²) in [5.41, 5.74) is 0. The third-order valence-electron chi connectivity index (χ3n) is 1.03. The first-order valence-electron chi connectivity index (χ1n) is 2.95. The topological polar surface area (TPSA) is 22.1 Å². The van der Waals surface area contributed by atoms with Crippen molar-refractivity contribution < 1.29 is 17.9 Å². The summed E-state index contributed by atoms with van der Waals surface area (Å²) in [6.07, 6.45) is -2.37. The van der Waals surface area contributed by atoms with Gasteiger partial charge in [-0.25, -0.2) is 0 Å². The predicted octanol–water partition coefficient (Wildman–Crippen LogP) is 3.51. The minimum Gasteiger partial charge on any atom is -0.403 e. The standard InChI is InChI=1S/C6H2Br2F3NO/c7-3-1-12-2-4(5(3)8)13-6(9,10)11/h1-2H. The molecule has 1 aromatic heterocycles. The Labute approximate surface area is 88.4 Å².